The minimum atomic E-state index is -1.24. The molecule has 0 radical (unpaired) electrons. The van der Waals surface area contributed by atoms with Gasteiger partial charge in [0.1, 0.15) is 11.9 Å². The number of rotatable bonds is 7. The Morgan fingerprint density at radius 3 is 2.29 bits per heavy atom. The third-order valence-corrected chi connectivity index (χ3v) is 6.12. The van der Waals surface area contributed by atoms with Crippen LogP contribution in [0.5, 0.6) is 17.2 Å². The molecule has 5 N–H and O–H groups in total. The van der Waals surface area contributed by atoms with E-state index >= 15 is 0 Å². The van der Waals surface area contributed by atoms with Crippen LogP contribution in [0.3, 0.4) is 0 Å². The second-order valence-corrected chi connectivity index (χ2v) is 8.48. The van der Waals surface area contributed by atoms with E-state index in [4.69, 9.17) is 30.8 Å². The third-order valence-electron chi connectivity index (χ3n) is 6.12. The van der Waals surface area contributed by atoms with E-state index in [1.807, 2.05) is 4.90 Å². The molecule has 1 saturated heterocycles. The number of nitrogens with two attached hydrogens (primary N) is 1. The van der Waals surface area contributed by atoms with E-state index in [2.05, 4.69) is 0 Å². The Balaban J connectivity index is 1.49. The first-order valence-electron chi connectivity index (χ1n) is 11.0. The molecule has 2 heterocycles. The van der Waals surface area contributed by atoms with Gasteiger partial charge in [-0.2, -0.15) is 0 Å². The van der Waals surface area contributed by atoms with Gasteiger partial charge in [-0.3, -0.25) is 10.8 Å². The molecule has 2 aliphatic heterocycles. The molecule has 10 nitrogen and oxygen atoms in total. The molecule has 180 valence electrons. The van der Waals surface area contributed by atoms with Gasteiger partial charge in [-0.05, 0) is 42.3 Å². The van der Waals surface area contributed by atoms with Crippen LogP contribution in [-0.4, -0.2) is 59.0 Å². The predicted molar refractivity (Wildman–Crippen MR) is 126 cm³/mol. The van der Waals surface area contributed by atoms with Crippen molar-refractivity contribution in [2.75, 3.05) is 20.2 Å². The van der Waals surface area contributed by atoms with Gasteiger partial charge in [0, 0.05) is 31.6 Å². The monoisotopic (exact) mass is 467 g/mol. The van der Waals surface area contributed by atoms with Gasteiger partial charge >= 0.3 is 5.97 Å². The highest BCUT2D eigenvalue weighted by molar-refractivity contribution is 5.77. The maximum Gasteiger partial charge on any atom is 0.349 e. The molecule has 2 aliphatic rings. The Labute approximate surface area is 197 Å². The first-order chi connectivity index (χ1) is 16.2. The molecule has 4 rings (SSSR count). The lowest BCUT2D eigenvalue weighted by molar-refractivity contribution is -0.145. The topological polar surface area (TPSA) is 145 Å². The number of aliphatic carboxylic acids is 1. The number of nitrogens with one attached hydrogen (secondary N) is 2. The minimum Gasteiger partial charge on any atom is -0.493 e. The fourth-order valence-electron chi connectivity index (χ4n) is 4.26. The molecule has 10 heteroatoms. The molecule has 2 aromatic carbocycles. The van der Waals surface area contributed by atoms with E-state index < -0.39 is 12.1 Å². The smallest absolute Gasteiger partial charge is 0.349 e. The summed E-state index contributed by atoms with van der Waals surface area (Å²) in [6.45, 7) is 4.16. The molecule has 1 fully saturated rings. The van der Waals surface area contributed by atoms with Crippen molar-refractivity contribution in [1.29, 1.82) is 10.8 Å². The number of hydrogen-bond donors (Lipinski definition) is 4. The Morgan fingerprint density at radius 2 is 1.76 bits per heavy atom. The molecule has 2 aromatic rings. The molecular weight excluding hydrogens is 438 g/mol. The van der Waals surface area contributed by atoms with Crippen LogP contribution in [0.4, 0.5) is 0 Å². The maximum atomic E-state index is 12.1. The van der Waals surface area contributed by atoms with Crippen LogP contribution in [0.1, 0.15) is 36.1 Å². The zero-order valence-corrected chi connectivity index (χ0v) is 19.2. The quantitative estimate of drug-likeness (QED) is 0.359. The summed E-state index contributed by atoms with van der Waals surface area (Å²) in [6.07, 6.45) is -0.422. The van der Waals surface area contributed by atoms with E-state index in [0.717, 1.165) is 24.1 Å². The average molecular weight is 468 g/mol. The summed E-state index contributed by atoms with van der Waals surface area (Å²) in [4.78, 5) is 15.7. The normalized spacial score (nSPS) is 17.8. The summed E-state index contributed by atoms with van der Waals surface area (Å²) >= 11 is 0. The molecular formula is C24H29N5O5. The van der Waals surface area contributed by atoms with Crippen LogP contribution in [0.15, 0.2) is 36.4 Å². The molecule has 0 bridgehead atoms. The molecule has 0 saturated carbocycles. The summed E-state index contributed by atoms with van der Waals surface area (Å²) in [6, 6.07) is 10.4. The van der Waals surface area contributed by atoms with Gasteiger partial charge in [-0.15, -0.1) is 0 Å². The van der Waals surface area contributed by atoms with E-state index in [9.17, 15) is 9.90 Å². The van der Waals surface area contributed by atoms with Gasteiger partial charge in [0.15, 0.2) is 17.5 Å². The lowest BCUT2D eigenvalue weighted by Gasteiger charge is -2.19. The third kappa shape index (κ3) is 4.85. The first-order valence-corrected chi connectivity index (χ1v) is 11.0. The zero-order chi connectivity index (χ0) is 24.4. The van der Waals surface area contributed by atoms with Gasteiger partial charge in [-0.25, -0.2) is 4.79 Å². The Morgan fingerprint density at radius 1 is 1.12 bits per heavy atom. The average Bonchev–Trinajstić information content (AvgIpc) is 3.44. The number of likely N-dealkylation sites (tertiary alicyclic amines) is 1. The maximum absolute atomic E-state index is 12.1. The number of methoxy groups -OCH3 is 1. The Kier molecular flexibility index (Phi) is 6.49. The molecule has 2 unspecified atom stereocenters. The Hall–Kier alpha value is -3.95. The van der Waals surface area contributed by atoms with Crippen LogP contribution < -0.4 is 19.9 Å². The van der Waals surface area contributed by atoms with Gasteiger partial charge in [-0.1, -0.05) is 12.1 Å². The minimum absolute atomic E-state index is 0.0112. The van der Waals surface area contributed by atoms with Crippen molar-refractivity contribution in [2.45, 2.75) is 38.6 Å². The number of benzene rings is 2. The molecule has 0 amide bonds. The molecule has 2 atom stereocenters. The van der Waals surface area contributed by atoms with Crippen LogP contribution >= 0.6 is 0 Å². The summed E-state index contributed by atoms with van der Waals surface area (Å²) in [5.74, 6) is 0.742. The number of carboxylic acid groups (broad SMARTS) is 1. The number of nitrogens with zero attached hydrogens (tertiary/aromatic N) is 2. The number of fused-ring (bicyclic) bond motifs is 1. The summed E-state index contributed by atoms with van der Waals surface area (Å²) < 4.78 is 17.4. The lowest BCUT2D eigenvalue weighted by atomic mass is 10.1. The van der Waals surface area contributed by atoms with Crippen molar-refractivity contribution in [2.24, 2.45) is 5.73 Å². The fraction of sp³-hybridized carbons (Fsp3) is 0.375. The van der Waals surface area contributed by atoms with Crippen molar-refractivity contribution in [3.63, 3.8) is 0 Å². The zero-order valence-electron chi connectivity index (χ0n) is 19.2. The number of hydrogen-bond acceptors (Lipinski definition) is 6. The number of carbonyl (C=O) groups is 1. The van der Waals surface area contributed by atoms with Crippen LogP contribution in [0.2, 0.25) is 0 Å². The second kappa shape index (κ2) is 9.50. The van der Waals surface area contributed by atoms with Gasteiger partial charge in [0.05, 0.1) is 19.5 Å². The number of carboxylic acids is 1. The van der Waals surface area contributed by atoms with Gasteiger partial charge < -0.3 is 34.9 Å². The van der Waals surface area contributed by atoms with Gasteiger partial charge in [0.25, 0.3) is 0 Å². The van der Waals surface area contributed by atoms with E-state index in [1.165, 1.54) is 7.11 Å². The van der Waals surface area contributed by atoms with E-state index in [0.29, 0.717) is 48.3 Å². The van der Waals surface area contributed by atoms with Crippen molar-refractivity contribution < 1.29 is 24.1 Å². The highest BCUT2D eigenvalue weighted by Gasteiger charge is 2.28. The molecule has 0 spiro atoms. The van der Waals surface area contributed by atoms with Gasteiger partial charge in [0.2, 0.25) is 6.10 Å². The standard InChI is InChI=1S/C24H29N5O5/c1-14(25)28-8-7-19(13-28)33-18-5-3-15(4-6-18)22(23(30)31)34-21-10-17-12-29(24(26)27)11-16(17)9-20(21)32-2/h3-6,9-10,19,22,25H,7-8,11-13H2,1-2H3,(H3,26,27)(H,30,31). The number of ether oxygens (including phenoxy) is 3. The van der Waals surface area contributed by atoms with Crippen molar-refractivity contribution >= 4 is 17.8 Å². The van der Waals surface area contributed by atoms with E-state index in [1.54, 1.807) is 48.2 Å². The highest BCUT2D eigenvalue weighted by Crippen LogP contribution is 2.37. The fourth-order valence-corrected chi connectivity index (χ4v) is 4.26. The first kappa shape index (κ1) is 23.2. The van der Waals surface area contributed by atoms with Crippen LogP contribution in [-0.2, 0) is 17.9 Å². The summed E-state index contributed by atoms with van der Waals surface area (Å²) in [5.41, 5.74) is 7.94. The molecule has 0 aromatic heterocycles. The number of guanidine groups is 1. The number of amidine groups is 1. The highest BCUT2D eigenvalue weighted by atomic mass is 16.5. The van der Waals surface area contributed by atoms with Crippen LogP contribution in [0, 0.1) is 10.8 Å². The summed E-state index contributed by atoms with van der Waals surface area (Å²) in [7, 11) is 1.50. The molecule has 0 aliphatic carbocycles. The van der Waals surface area contributed by atoms with E-state index in [-0.39, 0.29) is 12.1 Å². The van der Waals surface area contributed by atoms with Crippen molar-refractivity contribution in [1.82, 2.24) is 9.80 Å². The second-order valence-electron chi connectivity index (χ2n) is 8.48. The summed E-state index contributed by atoms with van der Waals surface area (Å²) in [5, 5.41) is 25.3. The van der Waals surface area contributed by atoms with Crippen LogP contribution in [0.25, 0.3) is 0 Å². The van der Waals surface area contributed by atoms with Crippen molar-refractivity contribution in [3.05, 3.63) is 53.1 Å². The predicted octanol–water partition coefficient (Wildman–Crippen LogP) is 2.56. The largest absolute Gasteiger partial charge is 0.493 e. The van der Waals surface area contributed by atoms with Crippen molar-refractivity contribution in [3.8, 4) is 17.2 Å². The lowest BCUT2D eigenvalue weighted by Crippen LogP contribution is -2.31. The Bertz CT molecular complexity index is 1100. The SMILES string of the molecule is COc1cc2c(cc1OC(C(=O)O)c1ccc(OC3CCN(C(C)=N)C3)cc1)CN(C(=N)N)C2. The molecule has 34 heavy (non-hydrogen) atoms.